The molecule has 158 valence electrons. The second-order valence-electron chi connectivity index (χ2n) is 11.1. The van der Waals surface area contributed by atoms with Crippen molar-refractivity contribution in [3.05, 3.63) is 35.5 Å². The maximum atomic E-state index is 11.4. The van der Waals surface area contributed by atoms with E-state index < -0.39 is 0 Å². The molecule has 0 amide bonds. The molecule has 2 nitrogen and oxygen atoms in total. The van der Waals surface area contributed by atoms with Gasteiger partial charge in [-0.2, -0.15) is 0 Å². The van der Waals surface area contributed by atoms with E-state index in [0.29, 0.717) is 16.7 Å². The Morgan fingerprint density at radius 1 is 1.03 bits per heavy atom. The average Bonchev–Trinajstić information content (AvgIpc) is 3.06. The van der Waals surface area contributed by atoms with Crippen molar-refractivity contribution in [1.29, 1.82) is 0 Å². The first-order chi connectivity index (χ1) is 13.9. The molecule has 0 saturated heterocycles. The lowest BCUT2D eigenvalue weighted by molar-refractivity contribution is -0.148. The van der Waals surface area contributed by atoms with E-state index in [1.807, 2.05) is 0 Å². The maximum Gasteiger partial charge on any atom is 0.302 e. The zero-order chi connectivity index (χ0) is 20.2. The molecule has 5 rings (SSSR count). The summed E-state index contributed by atoms with van der Waals surface area (Å²) in [5, 5.41) is 0. The Morgan fingerprint density at radius 2 is 1.86 bits per heavy atom. The molecule has 0 aliphatic heterocycles. The van der Waals surface area contributed by atoms with Gasteiger partial charge in [-0.3, -0.25) is 4.79 Å². The van der Waals surface area contributed by atoms with E-state index in [4.69, 9.17) is 4.74 Å². The summed E-state index contributed by atoms with van der Waals surface area (Å²) in [6, 6.07) is 0. The topological polar surface area (TPSA) is 26.3 Å². The largest absolute Gasteiger partial charge is 0.462 e. The summed E-state index contributed by atoms with van der Waals surface area (Å²) in [5.74, 6) is 3.05. The molecule has 0 spiro atoms. The monoisotopic (exact) mass is 394 g/mol. The molecule has 2 saturated carbocycles. The van der Waals surface area contributed by atoms with Crippen LogP contribution >= 0.6 is 0 Å². The van der Waals surface area contributed by atoms with Gasteiger partial charge in [0.25, 0.3) is 0 Å². The van der Waals surface area contributed by atoms with Crippen LogP contribution in [0.25, 0.3) is 0 Å². The molecule has 0 N–H and O–H groups in total. The number of fused-ring (bicyclic) bond motifs is 5. The first-order valence-electron chi connectivity index (χ1n) is 12.2. The highest BCUT2D eigenvalue weighted by molar-refractivity contribution is 5.66. The Hall–Kier alpha value is -1.31. The van der Waals surface area contributed by atoms with Gasteiger partial charge < -0.3 is 4.74 Å². The number of carbonyl (C=O) groups excluding carboxylic acids is 1. The summed E-state index contributed by atoms with van der Waals surface area (Å²) in [6.45, 7) is 6.69. The third-order valence-corrected chi connectivity index (χ3v) is 9.69. The molecule has 29 heavy (non-hydrogen) atoms. The minimum Gasteiger partial charge on any atom is -0.462 e. The summed E-state index contributed by atoms with van der Waals surface area (Å²) in [6.07, 6.45) is 22.7. The number of ether oxygens (including phenoxy) is 1. The van der Waals surface area contributed by atoms with Gasteiger partial charge >= 0.3 is 5.97 Å². The molecule has 0 bridgehead atoms. The number of carbonyl (C=O) groups is 1. The van der Waals surface area contributed by atoms with Crippen LogP contribution in [0, 0.1) is 34.5 Å². The molecule has 0 aromatic rings. The van der Waals surface area contributed by atoms with Crippen LogP contribution < -0.4 is 0 Å². The minimum absolute atomic E-state index is 0.107. The molecule has 0 aromatic carbocycles. The molecule has 5 aliphatic rings. The van der Waals surface area contributed by atoms with Crippen LogP contribution in [0.1, 0.15) is 85.0 Å². The third-order valence-electron chi connectivity index (χ3n) is 9.69. The highest BCUT2D eigenvalue weighted by Gasteiger charge is 2.57. The fourth-order valence-electron chi connectivity index (χ4n) is 8.21. The summed E-state index contributed by atoms with van der Waals surface area (Å²) >= 11 is 0. The van der Waals surface area contributed by atoms with E-state index in [-0.39, 0.29) is 12.1 Å². The van der Waals surface area contributed by atoms with Gasteiger partial charge in [0.1, 0.15) is 6.10 Å². The fraction of sp³-hybridized carbons (Fsp3) is 0.741. The molecule has 5 aliphatic carbocycles. The van der Waals surface area contributed by atoms with Crippen LogP contribution in [-0.2, 0) is 9.53 Å². The van der Waals surface area contributed by atoms with Gasteiger partial charge in [0.2, 0.25) is 0 Å². The van der Waals surface area contributed by atoms with Crippen molar-refractivity contribution >= 4 is 5.97 Å². The van der Waals surface area contributed by atoms with E-state index in [1.165, 1.54) is 51.4 Å². The van der Waals surface area contributed by atoms with Crippen LogP contribution in [-0.4, -0.2) is 12.1 Å². The molecular weight excluding hydrogens is 356 g/mol. The molecule has 0 radical (unpaired) electrons. The predicted molar refractivity (Wildman–Crippen MR) is 117 cm³/mol. The average molecular weight is 395 g/mol. The lowest BCUT2D eigenvalue weighted by Gasteiger charge is -2.58. The summed E-state index contributed by atoms with van der Waals surface area (Å²) < 4.78 is 5.59. The summed E-state index contributed by atoms with van der Waals surface area (Å²) in [4.78, 5) is 11.4. The van der Waals surface area contributed by atoms with Crippen LogP contribution in [0.5, 0.6) is 0 Å². The zero-order valence-electron chi connectivity index (χ0n) is 18.6. The lowest BCUT2D eigenvalue weighted by atomic mass is 9.47. The molecular formula is C27H38O2. The SMILES string of the molecule is CC(=O)OC1CC[C@@]2(C)C(=CCC3C2CC[C@]2(C)C(C4C=CCCC4)=CCC32)C1. The number of esters is 1. The Balaban J connectivity index is 1.38. The van der Waals surface area contributed by atoms with Crippen LogP contribution in [0.2, 0.25) is 0 Å². The summed E-state index contributed by atoms with van der Waals surface area (Å²) in [7, 11) is 0. The molecule has 0 heterocycles. The second kappa shape index (κ2) is 7.13. The van der Waals surface area contributed by atoms with Crippen molar-refractivity contribution in [2.45, 2.75) is 91.1 Å². The normalized spacial score (nSPS) is 46.1. The van der Waals surface area contributed by atoms with Crippen molar-refractivity contribution in [2.75, 3.05) is 0 Å². The van der Waals surface area contributed by atoms with E-state index in [9.17, 15) is 4.79 Å². The number of hydrogen-bond acceptors (Lipinski definition) is 2. The first-order valence-corrected chi connectivity index (χ1v) is 12.2. The minimum atomic E-state index is -0.123. The van der Waals surface area contributed by atoms with E-state index in [2.05, 4.69) is 38.2 Å². The van der Waals surface area contributed by atoms with Crippen molar-refractivity contribution in [3.63, 3.8) is 0 Å². The van der Waals surface area contributed by atoms with Gasteiger partial charge in [0.15, 0.2) is 0 Å². The smallest absolute Gasteiger partial charge is 0.302 e. The van der Waals surface area contributed by atoms with Crippen molar-refractivity contribution in [1.82, 2.24) is 0 Å². The highest BCUT2D eigenvalue weighted by Crippen LogP contribution is 2.66. The Bertz CT molecular complexity index is 773. The van der Waals surface area contributed by atoms with Crippen LogP contribution in [0.3, 0.4) is 0 Å². The standard InChI is InChI=1S/C27H38O2/c1-18(28)29-21-13-15-26(2)20(17-21)9-10-22-24-12-11-23(19-7-5-4-6-8-19)27(24,3)16-14-25(22)26/h5,7,9,11,19,21-22,24-25H,4,6,8,10,12-17H2,1-3H3/t19?,21?,22?,24?,25?,26-,27+/m0/s1. The number of rotatable bonds is 2. The summed E-state index contributed by atoms with van der Waals surface area (Å²) in [5.41, 5.74) is 4.13. The Labute approximate surface area is 176 Å². The van der Waals surface area contributed by atoms with E-state index in [0.717, 1.165) is 30.6 Å². The zero-order valence-corrected chi connectivity index (χ0v) is 18.6. The predicted octanol–water partition coefficient (Wildman–Crippen LogP) is 6.77. The fourth-order valence-corrected chi connectivity index (χ4v) is 8.21. The molecule has 2 fully saturated rings. The lowest BCUT2D eigenvalue weighted by Crippen LogP contribution is -2.50. The van der Waals surface area contributed by atoms with Gasteiger partial charge in [-0.15, -0.1) is 0 Å². The third kappa shape index (κ3) is 3.08. The van der Waals surface area contributed by atoms with Crippen LogP contribution in [0.4, 0.5) is 0 Å². The number of allylic oxidation sites excluding steroid dienone is 5. The molecule has 2 heteroatoms. The van der Waals surface area contributed by atoms with E-state index in [1.54, 1.807) is 18.1 Å². The van der Waals surface area contributed by atoms with Crippen molar-refractivity contribution in [3.8, 4) is 0 Å². The van der Waals surface area contributed by atoms with E-state index >= 15 is 0 Å². The van der Waals surface area contributed by atoms with Crippen molar-refractivity contribution in [2.24, 2.45) is 34.5 Å². The maximum absolute atomic E-state index is 11.4. The highest BCUT2D eigenvalue weighted by atomic mass is 16.5. The first kappa shape index (κ1) is 19.6. The van der Waals surface area contributed by atoms with Gasteiger partial charge in [-0.05, 0) is 92.3 Å². The second-order valence-corrected chi connectivity index (χ2v) is 11.1. The van der Waals surface area contributed by atoms with Gasteiger partial charge in [-0.25, -0.2) is 0 Å². The molecule has 0 aromatic heterocycles. The number of hydrogen-bond donors (Lipinski definition) is 0. The van der Waals surface area contributed by atoms with Crippen molar-refractivity contribution < 1.29 is 9.53 Å². The van der Waals surface area contributed by atoms with Crippen LogP contribution in [0.15, 0.2) is 35.5 Å². The molecule has 7 atom stereocenters. The van der Waals surface area contributed by atoms with Gasteiger partial charge in [0.05, 0.1) is 0 Å². The van der Waals surface area contributed by atoms with Gasteiger partial charge in [0, 0.05) is 13.3 Å². The Kier molecular flexibility index (Phi) is 4.83. The quantitative estimate of drug-likeness (QED) is 0.381. The Morgan fingerprint density at radius 3 is 2.62 bits per heavy atom. The molecule has 5 unspecified atom stereocenters. The van der Waals surface area contributed by atoms with Gasteiger partial charge in [-0.1, -0.05) is 49.3 Å².